The number of aliphatic carboxylic acids is 1. The Morgan fingerprint density at radius 3 is 2.18 bits per heavy atom. The Labute approximate surface area is 128 Å². The molecule has 2 aliphatic rings. The van der Waals surface area contributed by atoms with Gasteiger partial charge in [-0.3, -0.25) is 14.4 Å². The van der Waals surface area contributed by atoms with Gasteiger partial charge in [-0.05, 0) is 49.4 Å². The first-order valence-electron chi connectivity index (χ1n) is 7.30. The number of carbonyl (C=O) groups is 3. The van der Waals surface area contributed by atoms with Gasteiger partial charge in [-0.1, -0.05) is 12.2 Å². The first-order chi connectivity index (χ1) is 10.5. The Kier molecular flexibility index (Phi) is 3.56. The molecule has 0 aliphatic heterocycles. The summed E-state index contributed by atoms with van der Waals surface area (Å²) in [6.45, 7) is 1.48. The maximum Gasteiger partial charge on any atom is 0.307 e. The van der Waals surface area contributed by atoms with E-state index in [1.165, 1.54) is 6.92 Å². The molecule has 5 heteroatoms. The van der Waals surface area contributed by atoms with Gasteiger partial charge in [0.1, 0.15) is 0 Å². The molecule has 0 saturated heterocycles. The van der Waals surface area contributed by atoms with E-state index in [4.69, 9.17) is 0 Å². The number of nitrogens with one attached hydrogen (secondary N) is 1. The van der Waals surface area contributed by atoms with E-state index in [0.29, 0.717) is 11.3 Å². The smallest absolute Gasteiger partial charge is 0.307 e. The zero-order valence-electron chi connectivity index (χ0n) is 12.2. The second-order valence-corrected chi connectivity index (χ2v) is 5.96. The molecule has 1 amide bonds. The zero-order valence-corrected chi connectivity index (χ0v) is 12.2. The van der Waals surface area contributed by atoms with Gasteiger partial charge >= 0.3 is 5.97 Å². The number of hydrogen-bond donors (Lipinski definition) is 2. The molecule has 5 nitrogen and oxygen atoms in total. The predicted octanol–water partition coefficient (Wildman–Crippen LogP) is 2.35. The van der Waals surface area contributed by atoms with Gasteiger partial charge in [-0.2, -0.15) is 0 Å². The number of benzene rings is 1. The maximum absolute atomic E-state index is 12.5. The van der Waals surface area contributed by atoms with Crippen LogP contribution in [0, 0.1) is 23.7 Å². The average molecular weight is 299 g/mol. The average Bonchev–Trinajstić information content (AvgIpc) is 3.08. The quantitative estimate of drug-likeness (QED) is 0.660. The van der Waals surface area contributed by atoms with Crippen LogP contribution in [-0.2, 0) is 9.59 Å². The summed E-state index contributed by atoms with van der Waals surface area (Å²) in [6.07, 6.45) is 4.60. The summed E-state index contributed by atoms with van der Waals surface area (Å²) < 4.78 is 0. The number of ketones is 1. The van der Waals surface area contributed by atoms with Crippen molar-refractivity contribution < 1.29 is 19.5 Å². The van der Waals surface area contributed by atoms with Crippen LogP contribution >= 0.6 is 0 Å². The molecule has 1 aromatic rings. The fourth-order valence-electron chi connectivity index (χ4n) is 3.53. The number of hydrogen-bond acceptors (Lipinski definition) is 3. The van der Waals surface area contributed by atoms with Gasteiger partial charge in [0.25, 0.3) is 0 Å². The minimum Gasteiger partial charge on any atom is -0.481 e. The predicted molar refractivity (Wildman–Crippen MR) is 80.4 cm³/mol. The first kappa shape index (κ1) is 14.5. The third-order valence-corrected chi connectivity index (χ3v) is 4.61. The van der Waals surface area contributed by atoms with Crippen LogP contribution in [-0.4, -0.2) is 22.8 Å². The molecule has 3 unspecified atom stereocenters. The summed E-state index contributed by atoms with van der Waals surface area (Å²) >= 11 is 0. The van der Waals surface area contributed by atoms with E-state index >= 15 is 0 Å². The molecule has 0 spiro atoms. The van der Waals surface area contributed by atoms with Crippen LogP contribution in [0.2, 0.25) is 0 Å². The van der Waals surface area contributed by atoms with Crippen molar-refractivity contribution in [3.05, 3.63) is 42.0 Å². The standard InChI is InChI=1S/C17H17NO4/c1-9(19)10-4-6-13(7-5-10)18-16(20)14-11-2-3-12(8-11)15(14)17(21)22/h2-7,11-12,14-15H,8H2,1H3,(H,18,20)(H,21,22)/t11?,12?,14?,15-/m0/s1. The van der Waals surface area contributed by atoms with Crippen molar-refractivity contribution in [3.63, 3.8) is 0 Å². The van der Waals surface area contributed by atoms with Crippen molar-refractivity contribution in [3.8, 4) is 0 Å². The molecular formula is C17H17NO4. The van der Waals surface area contributed by atoms with Crippen LogP contribution < -0.4 is 5.32 Å². The summed E-state index contributed by atoms with van der Waals surface area (Å²) in [6, 6.07) is 6.61. The Morgan fingerprint density at radius 2 is 1.64 bits per heavy atom. The Balaban J connectivity index is 1.75. The summed E-state index contributed by atoms with van der Waals surface area (Å²) in [5.74, 6) is -2.43. The van der Waals surface area contributed by atoms with Crippen LogP contribution in [0.15, 0.2) is 36.4 Å². The largest absolute Gasteiger partial charge is 0.481 e. The van der Waals surface area contributed by atoms with Gasteiger partial charge in [0.2, 0.25) is 5.91 Å². The van der Waals surface area contributed by atoms with Gasteiger partial charge in [0.15, 0.2) is 5.78 Å². The normalized spacial score (nSPS) is 28.6. The molecule has 4 atom stereocenters. The number of rotatable bonds is 4. The Morgan fingerprint density at radius 1 is 1.05 bits per heavy atom. The van der Waals surface area contributed by atoms with Crippen molar-refractivity contribution in [2.45, 2.75) is 13.3 Å². The Bertz CT molecular complexity index is 662. The SMILES string of the molecule is CC(=O)c1ccc(NC(=O)C2C3C=CC(C3)[C@@H]2C(=O)O)cc1. The monoisotopic (exact) mass is 299 g/mol. The van der Waals surface area contributed by atoms with Crippen molar-refractivity contribution in [1.29, 1.82) is 0 Å². The number of carboxylic acids is 1. The van der Waals surface area contributed by atoms with Gasteiger partial charge in [0, 0.05) is 11.3 Å². The topological polar surface area (TPSA) is 83.5 Å². The molecule has 114 valence electrons. The fraction of sp³-hybridized carbons (Fsp3) is 0.353. The highest BCUT2D eigenvalue weighted by atomic mass is 16.4. The lowest BCUT2D eigenvalue weighted by Gasteiger charge is -2.23. The van der Waals surface area contributed by atoms with Crippen molar-refractivity contribution in [1.82, 2.24) is 0 Å². The van der Waals surface area contributed by atoms with E-state index in [0.717, 1.165) is 6.42 Å². The number of carbonyl (C=O) groups excluding carboxylic acids is 2. The maximum atomic E-state index is 12.5. The van der Waals surface area contributed by atoms with E-state index < -0.39 is 17.8 Å². The fourth-order valence-corrected chi connectivity index (χ4v) is 3.53. The highest BCUT2D eigenvalue weighted by Crippen LogP contribution is 2.48. The molecular weight excluding hydrogens is 282 g/mol. The van der Waals surface area contributed by atoms with Gasteiger partial charge < -0.3 is 10.4 Å². The number of amides is 1. The molecule has 2 aliphatic carbocycles. The van der Waals surface area contributed by atoms with E-state index in [-0.39, 0.29) is 23.5 Å². The minimum atomic E-state index is -0.913. The summed E-state index contributed by atoms with van der Waals surface area (Å²) in [4.78, 5) is 35.1. The highest BCUT2D eigenvalue weighted by Gasteiger charge is 2.51. The van der Waals surface area contributed by atoms with E-state index in [9.17, 15) is 19.5 Å². The summed E-state index contributed by atoms with van der Waals surface area (Å²) in [5.41, 5.74) is 1.15. The third kappa shape index (κ3) is 2.43. The summed E-state index contributed by atoms with van der Waals surface area (Å²) in [7, 11) is 0. The molecule has 1 saturated carbocycles. The van der Waals surface area contributed by atoms with E-state index in [2.05, 4.69) is 5.32 Å². The molecule has 0 aromatic heterocycles. The second kappa shape index (κ2) is 5.40. The second-order valence-electron chi connectivity index (χ2n) is 5.96. The first-order valence-corrected chi connectivity index (χ1v) is 7.30. The molecule has 22 heavy (non-hydrogen) atoms. The minimum absolute atomic E-state index is 0.00240. The number of Topliss-reactive ketones (excluding diaryl/α,β-unsaturated/α-hetero) is 1. The van der Waals surface area contributed by atoms with Crippen LogP contribution in [0.5, 0.6) is 0 Å². The number of anilines is 1. The molecule has 2 N–H and O–H groups in total. The van der Waals surface area contributed by atoms with Crippen LogP contribution in [0.25, 0.3) is 0 Å². The molecule has 1 fully saturated rings. The molecule has 3 rings (SSSR count). The lowest BCUT2D eigenvalue weighted by atomic mass is 9.82. The molecule has 1 aromatic carbocycles. The van der Waals surface area contributed by atoms with Crippen LogP contribution in [0.1, 0.15) is 23.7 Å². The molecule has 0 radical (unpaired) electrons. The lowest BCUT2D eigenvalue weighted by molar-refractivity contribution is -0.146. The number of allylic oxidation sites excluding steroid dienone is 2. The molecule has 2 bridgehead atoms. The summed E-state index contributed by atoms with van der Waals surface area (Å²) in [5, 5.41) is 12.1. The Hall–Kier alpha value is -2.43. The van der Waals surface area contributed by atoms with Gasteiger partial charge in [-0.15, -0.1) is 0 Å². The van der Waals surface area contributed by atoms with Crippen molar-refractivity contribution in [2.24, 2.45) is 23.7 Å². The van der Waals surface area contributed by atoms with Crippen molar-refractivity contribution in [2.75, 3.05) is 5.32 Å². The van der Waals surface area contributed by atoms with Gasteiger partial charge in [-0.25, -0.2) is 0 Å². The number of carboxylic acid groups (broad SMARTS) is 1. The van der Waals surface area contributed by atoms with Gasteiger partial charge in [0.05, 0.1) is 11.8 Å². The van der Waals surface area contributed by atoms with E-state index in [1.807, 2.05) is 12.2 Å². The van der Waals surface area contributed by atoms with Crippen molar-refractivity contribution >= 4 is 23.3 Å². The molecule has 0 heterocycles. The van der Waals surface area contributed by atoms with Crippen LogP contribution in [0.3, 0.4) is 0 Å². The van der Waals surface area contributed by atoms with Crippen LogP contribution in [0.4, 0.5) is 5.69 Å². The lowest BCUT2D eigenvalue weighted by Crippen LogP contribution is -2.36. The third-order valence-electron chi connectivity index (χ3n) is 4.61. The number of fused-ring (bicyclic) bond motifs is 2. The highest BCUT2D eigenvalue weighted by molar-refractivity contribution is 5.98. The zero-order chi connectivity index (χ0) is 15.9. The van der Waals surface area contributed by atoms with E-state index in [1.54, 1.807) is 24.3 Å².